The maximum atomic E-state index is 12.1. The van der Waals surface area contributed by atoms with Crippen molar-refractivity contribution in [1.29, 1.82) is 0 Å². The summed E-state index contributed by atoms with van der Waals surface area (Å²) in [6.07, 6.45) is -0.756. The second-order valence-corrected chi connectivity index (χ2v) is 6.85. The van der Waals surface area contributed by atoms with Gasteiger partial charge in [-0.05, 0) is 57.2 Å². The van der Waals surface area contributed by atoms with Gasteiger partial charge in [-0.3, -0.25) is 20.4 Å². The number of rotatable bonds is 8. The normalized spacial score (nSPS) is 11.4. The lowest BCUT2D eigenvalue weighted by atomic mass is 10.2. The van der Waals surface area contributed by atoms with E-state index in [9.17, 15) is 9.59 Å². The Balaban J connectivity index is 1.71. The van der Waals surface area contributed by atoms with Crippen LogP contribution in [-0.2, 0) is 9.59 Å². The van der Waals surface area contributed by atoms with Crippen molar-refractivity contribution in [3.8, 4) is 11.5 Å². The monoisotopic (exact) mass is 388 g/mol. The topological polar surface area (TPSA) is 76.7 Å². The van der Waals surface area contributed by atoms with E-state index in [1.54, 1.807) is 31.2 Å². The molecule has 0 aliphatic heterocycles. The molecule has 0 saturated heterocycles. The number of carbonyl (C=O) groups is 2. The van der Waals surface area contributed by atoms with Gasteiger partial charge in [0.05, 0.1) is 12.4 Å². The molecule has 0 heterocycles. The van der Waals surface area contributed by atoms with Gasteiger partial charge in [0.1, 0.15) is 11.5 Å². The highest BCUT2D eigenvalue weighted by Gasteiger charge is 2.15. The summed E-state index contributed by atoms with van der Waals surface area (Å²) in [5, 5.41) is 0. The molecule has 0 aliphatic rings. The summed E-state index contributed by atoms with van der Waals surface area (Å²) in [5.74, 6) is 0.764. The van der Waals surface area contributed by atoms with Crippen molar-refractivity contribution in [3.63, 3.8) is 0 Å². The number of ether oxygens (including phenoxy) is 2. The number of aryl methyl sites for hydroxylation is 1. The lowest BCUT2D eigenvalue weighted by Gasteiger charge is -2.15. The van der Waals surface area contributed by atoms with Crippen LogP contribution in [0.3, 0.4) is 0 Å². The molecule has 0 fully saturated rings. The van der Waals surface area contributed by atoms with Crippen LogP contribution in [0.4, 0.5) is 0 Å². The quantitative estimate of drug-likeness (QED) is 0.537. The largest absolute Gasteiger partial charge is 0.494 e. The van der Waals surface area contributed by atoms with Crippen LogP contribution in [0.1, 0.15) is 19.4 Å². The molecule has 144 valence electrons. The van der Waals surface area contributed by atoms with E-state index >= 15 is 0 Å². The molecule has 0 aliphatic carbocycles. The number of hydrazine groups is 1. The SMILES string of the molecule is CCOc1ccc(O[C@@H](C)C(=O)NNC(=O)CSc2ccc(C)cc2)cc1. The van der Waals surface area contributed by atoms with Crippen molar-refractivity contribution in [2.45, 2.75) is 31.8 Å². The van der Waals surface area contributed by atoms with Gasteiger partial charge < -0.3 is 9.47 Å². The molecule has 2 amide bonds. The van der Waals surface area contributed by atoms with Gasteiger partial charge in [0.2, 0.25) is 5.91 Å². The first kappa shape index (κ1) is 20.6. The highest BCUT2D eigenvalue weighted by Crippen LogP contribution is 2.19. The molecule has 2 aromatic rings. The minimum atomic E-state index is -0.756. The minimum Gasteiger partial charge on any atom is -0.494 e. The summed E-state index contributed by atoms with van der Waals surface area (Å²) in [6.45, 7) is 6.11. The molecule has 0 saturated carbocycles. The zero-order valence-corrected chi connectivity index (χ0v) is 16.5. The summed E-state index contributed by atoms with van der Waals surface area (Å²) in [6, 6.07) is 14.9. The van der Waals surface area contributed by atoms with E-state index in [2.05, 4.69) is 10.9 Å². The summed E-state index contributed by atoms with van der Waals surface area (Å²) in [4.78, 5) is 24.9. The van der Waals surface area contributed by atoms with E-state index in [4.69, 9.17) is 9.47 Å². The van der Waals surface area contributed by atoms with E-state index in [1.807, 2.05) is 38.1 Å². The van der Waals surface area contributed by atoms with E-state index in [0.29, 0.717) is 12.4 Å². The van der Waals surface area contributed by atoms with Gasteiger partial charge >= 0.3 is 0 Å². The third kappa shape index (κ3) is 7.22. The van der Waals surface area contributed by atoms with Crippen LogP contribution in [-0.4, -0.2) is 30.3 Å². The van der Waals surface area contributed by atoms with Crippen molar-refractivity contribution in [3.05, 3.63) is 54.1 Å². The molecule has 7 heteroatoms. The highest BCUT2D eigenvalue weighted by atomic mass is 32.2. The van der Waals surface area contributed by atoms with Gasteiger partial charge in [-0.2, -0.15) is 0 Å². The Labute approximate surface area is 163 Å². The Morgan fingerprint density at radius 1 is 1.00 bits per heavy atom. The number of benzene rings is 2. The van der Waals surface area contributed by atoms with E-state index in [0.717, 1.165) is 16.2 Å². The number of hydrogen-bond donors (Lipinski definition) is 2. The van der Waals surface area contributed by atoms with Crippen LogP contribution in [0, 0.1) is 6.92 Å². The zero-order chi connectivity index (χ0) is 19.6. The van der Waals surface area contributed by atoms with Crippen molar-refractivity contribution in [2.24, 2.45) is 0 Å². The number of nitrogens with one attached hydrogen (secondary N) is 2. The van der Waals surface area contributed by atoms with Crippen LogP contribution in [0.2, 0.25) is 0 Å². The van der Waals surface area contributed by atoms with Crippen LogP contribution in [0.25, 0.3) is 0 Å². The molecule has 2 rings (SSSR count). The predicted octanol–water partition coefficient (Wildman–Crippen LogP) is 3.10. The van der Waals surface area contributed by atoms with Crippen molar-refractivity contribution >= 4 is 23.6 Å². The Morgan fingerprint density at radius 3 is 2.26 bits per heavy atom. The predicted molar refractivity (Wildman–Crippen MR) is 106 cm³/mol. The summed E-state index contributed by atoms with van der Waals surface area (Å²) < 4.78 is 10.9. The molecular formula is C20H24N2O4S. The Morgan fingerprint density at radius 2 is 1.63 bits per heavy atom. The molecule has 27 heavy (non-hydrogen) atoms. The number of thioether (sulfide) groups is 1. The molecule has 6 nitrogen and oxygen atoms in total. The van der Waals surface area contributed by atoms with Crippen molar-refractivity contribution in [2.75, 3.05) is 12.4 Å². The van der Waals surface area contributed by atoms with Crippen LogP contribution < -0.4 is 20.3 Å². The second-order valence-electron chi connectivity index (χ2n) is 5.80. The van der Waals surface area contributed by atoms with Gasteiger partial charge in [0.15, 0.2) is 6.10 Å². The number of hydrogen-bond acceptors (Lipinski definition) is 5. The van der Waals surface area contributed by atoms with E-state index < -0.39 is 12.0 Å². The van der Waals surface area contributed by atoms with Crippen LogP contribution >= 0.6 is 11.8 Å². The molecule has 0 unspecified atom stereocenters. The van der Waals surface area contributed by atoms with E-state index in [1.165, 1.54) is 11.8 Å². The van der Waals surface area contributed by atoms with Crippen molar-refractivity contribution in [1.82, 2.24) is 10.9 Å². The molecule has 2 aromatic carbocycles. The molecule has 2 N–H and O–H groups in total. The number of amides is 2. The summed E-state index contributed by atoms with van der Waals surface area (Å²) >= 11 is 1.40. The fraction of sp³-hybridized carbons (Fsp3) is 0.300. The molecular weight excluding hydrogens is 364 g/mol. The maximum absolute atomic E-state index is 12.1. The average molecular weight is 388 g/mol. The van der Waals surface area contributed by atoms with Gasteiger partial charge in [-0.15, -0.1) is 11.8 Å². The molecule has 0 bridgehead atoms. The summed E-state index contributed by atoms with van der Waals surface area (Å²) in [7, 11) is 0. The van der Waals surface area contributed by atoms with Crippen molar-refractivity contribution < 1.29 is 19.1 Å². The van der Waals surface area contributed by atoms with Gasteiger partial charge in [-0.1, -0.05) is 17.7 Å². The maximum Gasteiger partial charge on any atom is 0.279 e. The standard InChI is InChI=1S/C20H24N2O4S/c1-4-25-16-7-9-17(10-8-16)26-15(3)20(24)22-21-19(23)13-27-18-11-5-14(2)6-12-18/h5-12,15H,4,13H2,1-3H3,(H,21,23)(H,22,24)/t15-/m0/s1. The second kappa shape index (κ2) is 10.5. The van der Waals surface area contributed by atoms with E-state index in [-0.39, 0.29) is 11.7 Å². The zero-order valence-electron chi connectivity index (χ0n) is 15.7. The third-order valence-electron chi connectivity index (χ3n) is 3.53. The first-order valence-electron chi connectivity index (χ1n) is 8.65. The minimum absolute atomic E-state index is 0.206. The Kier molecular flexibility index (Phi) is 8.00. The first-order valence-corrected chi connectivity index (χ1v) is 9.64. The Hall–Kier alpha value is -2.67. The molecule has 1 atom stereocenters. The first-order chi connectivity index (χ1) is 13.0. The molecule has 0 spiro atoms. The van der Waals surface area contributed by atoms with Crippen LogP contribution in [0.5, 0.6) is 11.5 Å². The summed E-state index contributed by atoms with van der Waals surface area (Å²) in [5.41, 5.74) is 5.94. The fourth-order valence-electron chi connectivity index (χ4n) is 2.09. The lowest BCUT2D eigenvalue weighted by Crippen LogP contribution is -2.47. The van der Waals surface area contributed by atoms with Gasteiger partial charge in [-0.25, -0.2) is 0 Å². The molecule has 0 aromatic heterocycles. The smallest absolute Gasteiger partial charge is 0.279 e. The highest BCUT2D eigenvalue weighted by molar-refractivity contribution is 8.00. The molecule has 0 radical (unpaired) electrons. The average Bonchev–Trinajstić information content (AvgIpc) is 2.67. The van der Waals surface area contributed by atoms with Gasteiger partial charge in [0, 0.05) is 4.90 Å². The number of carbonyl (C=O) groups excluding carboxylic acids is 2. The third-order valence-corrected chi connectivity index (χ3v) is 4.54. The fourth-order valence-corrected chi connectivity index (χ4v) is 2.79. The lowest BCUT2D eigenvalue weighted by molar-refractivity contribution is -0.131. The van der Waals surface area contributed by atoms with Crippen LogP contribution in [0.15, 0.2) is 53.4 Å². The Bertz CT molecular complexity index is 748. The van der Waals surface area contributed by atoms with Gasteiger partial charge in [0.25, 0.3) is 5.91 Å².